The van der Waals surface area contributed by atoms with Gasteiger partial charge in [-0.1, -0.05) is 0 Å². The van der Waals surface area contributed by atoms with Crippen LogP contribution in [0.2, 0.25) is 0 Å². The van der Waals surface area contributed by atoms with Gasteiger partial charge in [-0.2, -0.15) is 0 Å². The van der Waals surface area contributed by atoms with Gasteiger partial charge in [-0.15, -0.1) is 0 Å². The normalized spacial score (nSPS) is 9.89. The summed E-state index contributed by atoms with van der Waals surface area (Å²) in [6, 6.07) is 8.94. The highest BCUT2D eigenvalue weighted by molar-refractivity contribution is 7.80. The fourth-order valence-electron chi connectivity index (χ4n) is 2.25. The van der Waals surface area contributed by atoms with E-state index in [0.717, 1.165) is 0 Å². The Hall–Kier alpha value is -3.33. The van der Waals surface area contributed by atoms with E-state index in [-0.39, 0.29) is 16.2 Å². The molecule has 0 aliphatic rings. The Labute approximate surface area is 161 Å². The highest BCUT2D eigenvalue weighted by Crippen LogP contribution is 2.38. The molecule has 0 unspecified atom stereocenters. The predicted octanol–water partition coefficient (Wildman–Crippen LogP) is 2.54. The van der Waals surface area contributed by atoms with Gasteiger partial charge in [0.25, 0.3) is 5.91 Å². The summed E-state index contributed by atoms with van der Waals surface area (Å²) in [6.07, 6.45) is 0. The lowest BCUT2D eigenvalue weighted by molar-refractivity contribution is 0.0696. The zero-order valence-corrected chi connectivity index (χ0v) is 15.7. The molecule has 8 nitrogen and oxygen atoms in total. The first-order valence-electron chi connectivity index (χ1n) is 7.65. The SMILES string of the molecule is COc1cc(C(=O)NC(=S)Nc2ccc(C(=O)O)cc2)cc(OC)c1OC. The summed E-state index contributed by atoms with van der Waals surface area (Å²) in [7, 11) is 4.37. The summed E-state index contributed by atoms with van der Waals surface area (Å²) >= 11 is 5.12. The molecule has 0 heterocycles. The number of thiocarbonyl (C=S) groups is 1. The van der Waals surface area contributed by atoms with Crippen molar-refractivity contribution in [2.24, 2.45) is 0 Å². The minimum atomic E-state index is -1.03. The second-order valence-electron chi connectivity index (χ2n) is 5.20. The van der Waals surface area contributed by atoms with Crippen LogP contribution in [0.15, 0.2) is 36.4 Å². The fraction of sp³-hybridized carbons (Fsp3) is 0.167. The van der Waals surface area contributed by atoms with Gasteiger partial charge in [0.2, 0.25) is 5.75 Å². The Kier molecular flexibility index (Phi) is 6.56. The van der Waals surface area contributed by atoms with E-state index >= 15 is 0 Å². The van der Waals surface area contributed by atoms with Gasteiger partial charge in [-0.05, 0) is 48.6 Å². The average Bonchev–Trinajstić information content (AvgIpc) is 2.66. The van der Waals surface area contributed by atoms with Crippen molar-refractivity contribution in [2.45, 2.75) is 0 Å². The number of anilines is 1. The van der Waals surface area contributed by atoms with Crippen LogP contribution in [-0.4, -0.2) is 43.4 Å². The molecule has 0 saturated carbocycles. The molecule has 0 atom stereocenters. The van der Waals surface area contributed by atoms with Crippen molar-refractivity contribution in [3.63, 3.8) is 0 Å². The number of aromatic carboxylic acids is 1. The van der Waals surface area contributed by atoms with Crippen molar-refractivity contribution in [3.05, 3.63) is 47.5 Å². The number of amides is 1. The van der Waals surface area contributed by atoms with E-state index in [1.165, 1.54) is 45.6 Å². The maximum Gasteiger partial charge on any atom is 0.335 e. The first kappa shape index (κ1) is 20.0. The zero-order chi connectivity index (χ0) is 20.0. The lowest BCUT2D eigenvalue weighted by atomic mass is 10.1. The molecule has 27 heavy (non-hydrogen) atoms. The zero-order valence-electron chi connectivity index (χ0n) is 14.9. The molecule has 2 rings (SSSR count). The smallest absolute Gasteiger partial charge is 0.335 e. The van der Waals surface area contributed by atoms with Gasteiger partial charge < -0.3 is 24.6 Å². The minimum absolute atomic E-state index is 0.0526. The molecule has 0 radical (unpaired) electrons. The first-order chi connectivity index (χ1) is 12.9. The van der Waals surface area contributed by atoms with Crippen LogP contribution in [0.25, 0.3) is 0 Å². The lowest BCUT2D eigenvalue weighted by Crippen LogP contribution is -2.34. The van der Waals surface area contributed by atoms with E-state index in [1.54, 1.807) is 12.1 Å². The number of ether oxygens (including phenoxy) is 3. The van der Waals surface area contributed by atoms with Crippen LogP contribution in [0.3, 0.4) is 0 Å². The van der Waals surface area contributed by atoms with Crippen LogP contribution in [0, 0.1) is 0 Å². The van der Waals surface area contributed by atoms with Crippen LogP contribution >= 0.6 is 12.2 Å². The van der Waals surface area contributed by atoms with Gasteiger partial charge in [0.1, 0.15) is 0 Å². The number of carbonyl (C=O) groups is 2. The topological polar surface area (TPSA) is 106 Å². The van der Waals surface area contributed by atoms with Gasteiger partial charge in [-0.3, -0.25) is 10.1 Å². The van der Waals surface area contributed by atoms with Crippen molar-refractivity contribution < 1.29 is 28.9 Å². The molecule has 0 aromatic heterocycles. The number of benzene rings is 2. The number of carboxylic acids is 1. The van der Waals surface area contributed by atoms with E-state index < -0.39 is 11.9 Å². The predicted molar refractivity (Wildman–Crippen MR) is 103 cm³/mol. The Balaban J connectivity index is 2.12. The molecule has 2 aromatic rings. The average molecular weight is 390 g/mol. The third-order valence-corrected chi connectivity index (χ3v) is 3.75. The summed E-state index contributed by atoms with van der Waals surface area (Å²) in [5.74, 6) is -0.459. The second kappa shape index (κ2) is 8.86. The molecule has 0 saturated heterocycles. The van der Waals surface area contributed by atoms with Crippen molar-refractivity contribution >= 4 is 34.9 Å². The van der Waals surface area contributed by atoms with Gasteiger partial charge >= 0.3 is 5.97 Å². The van der Waals surface area contributed by atoms with Crippen molar-refractivity contribution in [2.75, 3.05) is 26.6 Å². The number of carboxylic acid groups (broad SMARTS) is 1. The van der Waals surface area contributed by atoms with Gasteiger partial charge in [0, 0.05) is 11.3 Å². The quantitative estimate of drug-likeness (QED) is 0.646. The monoisotopic (exact) mass is 390 g/mol. The highest BCUT2D eigenvalue weighted by atomic mass is 32.1. The Morgan fingerprint density at radius 2 is 1.48 bits per heavy atom. The van der Waals surface area contributed by atoms with Gasteiger partial charge in [0.05, 0.1) is 26.9 Å². The van der Waals surface area contributed by atoms with Crippen molar-refractivity contribution in [3.8, 4) is 17.2 Å². The van der Waals surface area contributed by atoms with Crippen molar-refractivity contribution in [1.29, 1.82) is 0 Å². The summed E-state index contributed by atoms with van der Waals surface area (Å²) < 4.78 is 15.7. The molecular formula is C18H18N2O6S. The number of carbonyl (C=O) groups excluding carboxylic acids is 1. The van der Waals surface area contributed by atoms with E-state index in [0.29, 0.717) is 22.9 Å². The second-order valence-corrected chi connectivity index (χ2v) is 5.61. The molecule has 1 amide bonds. The molecule has 0 spiro atoms. The Bertz CT molecular complexity index is 842. The van der Waals surface area contributed by atoms with Crippen LogP contribution < -0.4 is 24.8 Å². The third kappa shape index (κ3) is 4.85. The van der Waals surface area contributed by atoms with Crippen LogP contribution in [0.4, 0.5) is 5.69 Å². The highest BCUT2D eigenvalue weighted by Gasteiger charge is 2.17. The van der Waals surface area contributed by atoms with Gasteiger partial charge in [0.15, 0.2) is 16.6 Å². The largest absolute Gasteiger partial charge is 0.493 e. The number of hydrogen-bond donors (Lipinski definition) is 3. The lowest BCUT2D eigenvalue weighted by Gasteiger charge is -2.14. The van der Waals surface area contributed by atoms with E-state index in [9.17, 15) is 9.59 Å². The molecule has 3 N–H and O–H groups in total. The molecular weight excluding hydrogens is 372 g/mol. The van der Waals surface area contributed by atoms with Crippen LogP contribution in [-0.2, 0) is 0 Å². The van der Waals surface area contributed by atoms with Crippen LogP contribution in [0.1, 0.15) is 20.7 Å². The van der Waals surface area contributed by atoms with E-state index in [1.807, 2.05) is 0 Å². The molecule has 2 aromatic carbocycles. The number of methoxy groups -OCH3 is 3. The molecule has 0 bridgehead atoms. The Morgan fingerprint density at radius 3 is 1.93 bits per heavy atom. The van der Waals surface area contributed by atoms with Gasteiger partial charge in [-0.25, -0.2) is 4.79 Å². The van der Waals surface area contributed by atoms with Crippen molar-refractivity contribution in [1.82, 2.24) is 5.32 Å². The molecule has 142 valence electrons. The Morgan fingerprint density at radius 1 is 0.926 bits per heavy atom. The summed E-state index contributed by atoms with van der Waals surface area (Å²) in [5, 5.41) is 14.3. The van der Waals surface area contributed by atoms with E-state index in [2.05, 4.69) is 10.6 Å². The van der Waals surface area contributed by atoms with Crippen LogP contribution in [0.5, 0.6) is 17.2 Å². The maximum atomic E-state index is 12.5. The number of nitrogens with one attached hydrogen (secondary N) is 2. The summed E-state index contributed by atoms with van der Waals surface area (Å²) in [5.41, 5.74) is 0.943. The summed E-state index contributed by atoms with van der Waals surface area (Å²) in [6.45, 7) is 0. The summed E-state index contributed by atoms with van der Waals surface area (Å²) in [4.78, 5) is 23.3. The molecule has 0 aliphatic heterocycles. The molecule has 9 heteroatoms. The minimum Gasteiger partial charge on any atom is -0.493 e. The first-order valence-corrected chi connectivity index (χ1v) is 8.06. The fourth-order valence-corrected chi connectivity index (χ4v) is 2.46. The maximum absolute atomic E-state index is 12.5. The molecule has 0 fully saturated rings. The van der Waals surface area contributed by atoms with E-state index in [4.69, 9.17) is 31.5 Å². The number of rotatable bonds is 6. The standard InChI is InChI=1S/C18H18N2O6S/c1-24-13-8-11(9-14(25-2)15(13)26-3)16(21)20-18(27)19-12-6-4-10(5-7-12)17(22)23/h4-9H,1-3H3,(H,22,23)(H2,19,20,21,27). The number of hydrogen-bond acceptors (Lipinski definition) is 6. The molecule has 0 aliphatic carbocycles. The third-order valence-electron chi connectivity index (χ3n) is 3.54.